The van der Waals surface area contributed by atoms with Crippen molar-refractivity contribution < 1.29 is 14.5 Å². The molecule has 0 N–H and O–H groups in total. The van der Waals surface area contributed by atoms with Crippen molar-refractivity contribution in [2.75, 3.05) is 7.11 Å². The molecule has 1 fully saturated rings. The molecule has 2 atom stereocenters. The van der Waals surface area contributed by atoms with Gasteiger partial charge in [0.2, 0.25) is 6.04 Å². The van der Waals surface area contributed by atoms with E-state index in [1.54, 1.807) is 0 Å². The van der Waals surface area contributed by atoms with Crippen LogP contribution in [0.5, 0.6) is 0 Å². The van der Waals surface area contributed by atoms with Gasteiger partial charge in [-0.2, -0.15) is 0 Å². The van der Waals surface area contributed by atoms with E-state index in [0.29, 0.717) is 19.3 Å². The Morgan fingerprint density at radius 1 is 1.58 bits per heavy atom. The molecule has 1 aliphatic rings. The highest BCUT2D eigenvalue weighted by atomic mass is 16.6. The number of nitrogens with zero attached hydrogens (tertiary/aromatic N) is 1. The SMILES string of the molecule is COC(=O)C1CCC([N+](=O)[O-])C1. The summed E-state index contributed by atoms with van der Waals surface area (Å²) >= 11 is 0. The largest absolute Gasteiger partial charge is 0.469 e. The van der Waals surface area contributed by atoms with Gasteiger partial charge in [0.05, 0.1) is 13.0 Å². The van der Waals surface area contributed by atoms with Gasteiger partial charge >= 0.3 is 5.97 Å². The van der Waals surface area contributed by atoms with E-state index in [0.717, 1.165) is 0 Å². The average Bonchev–Trinajstić information content (AvgIpc) is 2.51. The second kappa shape index (κ2) is 3.51. The zero-order chi connectivity index (χ0) is 9.14. The van der Waals surface area contributed by atoms with Crippen LogP contribution >= 0.6 is 0 Å². The number of hydrogen-bond donors (Lipinski definition) is 0. The van der Waals surface area contributed by atoms with Crippen LogP contribution in [0.25, 0.3) is 0 Å². The monoisotopic (exact) mass is 173 g/mol. The van der Waals surface area contributed by atoms with Crippen LogP contribution in [0.3, 0.4) is 0 Å². The Morgan fingerprint density at radius 3 is 2.67 bits per heavy atom. The van der Waals surface area contributed by atoms with E-state index in [-0.39, 0.29) is 16.8 Å². The summed E-state index contributed by atoms with van der Waals surface area (Å²) in [6.45, 7) is 0. The van der Waals surface area contributed by atoms with Gasteiger partial charge in [0.25, 0.3) is 0 Å². The third-order valence-electron chi connectivity index (χ3n) is 2.24. The van der Waals surface area contributed by atoms with E-state index in [9.17, 15) is 14.9 Å². The Kier molecular flexibility index (Phi) is 2.62. The normalized spacial score (nSPS) is 28.4. The molecule has 1 rings (SSSR count). The molecular weight excluding hydrogens is 162 g/mol. The smallest absolute Gasteiger partial charge is 0.308 e. The second-order valence-corrected chi connectivity index (χ2v) is 2.97. The lowest BCUT2D eigenvalue weighted by Crippen LogP contribution is -2.18. The first-order valence-corrected chi connectivity index (χ1v) is 3.86. The minimum atomic E-state index is -0.547. The number of carbonyl (C=O) groups excluding carboxylic acids is 1. The lowest BCUT2D eigenvalue weighted by atomic mass is 10.1. The van der Waals surface area contributed by atoms with Crippen molar-refractivity contribution in [3.8, 4) is 0 Å². The third kappa shape index (κ3) is 1.72. The van der Waals surface area contributed by atoms with Crippen molar-refractivity contribution in [1.82, 2.24) is 0 Å². The Hall–Kier alpha value is -1.13. The van der Waals surface area contributed by atoms with Crippen molar-refractivity contribution in [2.24, 2.45) is 5.92 Å². The van der Waals surface area contributed by atoms with E-state index in [1.165, 1.54) is 7.11 Å². The minimum absolute atomic E-state index is 0.259. The van der Waals surface area contributed by atoms with Crippen LogP contribution in [0.2, 0.25) is 0 Å². The molecule has 1 aliphatic carbocycles. The van der Waals surface area contributed by atoms with E-state index in [1.807, 2.05) is 0 Å². The van der Waals surface area contributed by atoms with E-state index < -0.39 is 6.04 Å². The number of carbonyl (C=O) groups is 1. The summed E-state index contributed by atoms with van der Waals surface area (Å²) in [5.41, 5.74) is 0. The second-order valence-electron chi connectivity index (χ2n) is 2.97. The molecular formula is C7H11NO4. The first-order valence-electron chi connectivity index (χ1n) is 3.86. The number of esters is 1. The first kappa shape index (κ1) is 8.96. The number of nitro groups is 1. The number of rotatable bonds is 2. The minimum Gasteiger partial charge on any atom is -0.469 e. The van der Waals surface area contributed by atoms with Gasteiger partial charge in [-0.05, 0) is 6.42 Å². The Bertz CT molecular complexity index is 204. The highest BCUT2D eigenvalue weighted by Gasteiger charge is 2.36. The predicted molar refractivity (Wildman–Crippen MR) is 40.1 cm³/mol. The number of methoxy groups -OCH3 is 1. The first-order chi connectivity index (χ1) is 5.65. The van der Waals surface area contributed by atoms with Crippen LogP contribution in [-0.2, 0) is 9.53 Å². The zero-order valence-corrected chi connectivity index (χ0v) is 6.86. The molecule has 0 bridgehead atoms. The fourth-order valence-electron chi connectivity index (χ4n) is 1.53. The standard InChI is InChI=1S/C7H11NO4/c1-12-7(9)5-2-3-6(4-5)8(10)11/h5-6H,2-4H2,1H3. The fourth-order valence-corrected chi connectivity index (χ4v) is 1.53. The molecule has 0 heterocycles. The van der Waals surface area contributed by atoms with Crippen LogP contribution in [0.15, 0.2) is 0 Å². The lowest BCUT2D eigenvalue weighted by molar-refractivity contribution is -0.520. The molecule has 2 unspecified atom stereocenters. The van der Waals surface area contributed by atoms with Gasteiger partial charge in [0.15, 0.2) is 0 Å². The van der Waals surface area contributed by atoms with Crippen molar-refractivity contribution in [1.29, 1.82) is 0 Å². The van der Waals surface area contributed by atoms with Crippen LogP contribution in [0.1, 0.15) is 19.3 Å². The highest BCUT2D eigenvalue weighted by Crippen LogP contribution is 2.27. The summed E-state index contributed by atoms with van der Waals surface area (Å²) in [6.07, 6.45) is 1.41. The van der Waals surface area contributed by atoms with Crippen molar-refractivity contribution >= 4 is 5.97 Å². The van der Waals surface area contributed by atoms with Crippen molar-refractivity contribution in [3.63, 3.8) is 0 Å². The van der Waals surface area contributed by atoms with Gasteiger partial charge in [-0.1, -0.05) is 0 Å². The van der Waals surface area contributed by atoms with Crippen LogP contribution < -0.4 is 0 Å². The Morgan fingerprint density at radius 2 is 2.25 bits per heavy atom. The molecule has 0 aromatic carbocycles. The molecule has 0 saturated heterocycles. The molecule has 0 aromatic rings. The van der Waals surface area contributed by atoms with Crippen LogP contribution in [-0.4, -0.2) is 24.0 Å². The maximum absolute atomic E-state index is 10.9. The Balaban J connectivity index is 2.45. The quantitative estimate of drug-likeness (QED) is 0.348. The summed E-state index contributed by atoms with van der Waals surface area (Å²) in [5, 5.41) is 10.3. The Labute approximate surface area is 69.9 Å². The highest BCUT2D eigenvalue weighted by molar-refractivity contribution is 5.72. The van der Waals surface area contributed by atoms with Gasteiger partial charge in [-0.25, -0.2) is 0 Å². The molecule has 0 aromatic heterocycles. The van der Waals surface area contributed by atoms with Gasteiger partial charge < -0.3 is 4.74 Å². The summed E-state index contributed by atoms with van der Waals surface area (Å²) in [7, 11) is 1.31. The maximum atomic E-state index is 10.9. The number of ether oxygens (including phenoxy) is 1. The third-order valence-corrected chi connectivity index (χ3v) is 2.24. The van der Waals surface area contributed by atoms with Gasteiger partial charge in [-0.3, -0.25) is 14.9 Å². The van der Waals surface area contributed by atoms with E-state index >= 15 is 0 Å². The predicted octanol–water partition coefficient (Wildman–Crippen LogP) is 0.605. The molecule has 68 valence electrons. The van der Waals surface area contributed by atoms with Gasteiger partial charge in [-0.15, -0.1) is 0 Å². The summed E-state index contributed by atoms with van der Waals surface area (Å²) < 4.78 is 4.50. The van der Waals surface area contributed by atoms with Gasteiger partial charge in [0, 0.05) is 17.8 Å². The average molecular weight is 173 g/mol. The summed E-state index contributed by atoms with van der Waals surface area (Å²) in [4.78, 5) is 20.9. The maximum Gasteiger partial charge on any atom is 0.308 e. The zero-order valence-electron chi connectivity index (χ0n) is 6.86. The molecule has 0 amide bonds. The summed E-state index contributed by atoms with van der Waals surface area (Å²) in [5.74, 6) is -0.579. The van der Waals surface area contributed by atoms with Crippen molar-refractivity contribution in [3.05, 3.63) is 10.1 Å². The van der Waals surface area contributed by atoms with E-state index in [2.05, 4.69) is 4.74 Å². The van der Waals surface area contributed by atoms with E-state index in [4.69, 9.17) is 0 Å². The van der Waals surface area contributed by atoms with Gasteiger partial charge in [0.1, 0.15) is 0 Å². The molecule has 5 nitrogen and oxygen atoms in total. The summed E-state index contributed by atoms with van der Waals surface area (Å²) in [6, 6.07) is -0.547. The molecule has 0 radical (unpaired) electrons. The molecule has 5 heteroatoms. The molecule has 12 heavy (non-hydrogen) atoms. The molecule has 0 spiro atoms. The fraction of sp³-hybridized carbons (Fsp3) is 0.857. The number of hydrogen-bond acceptors (Lipinski definition) is 4. The molecule has 1 saturated carbocycles. The molecule has 0 aliphatic heterocycles. The van der Waals surface area contributed by atoms with Crippen LogP contribution in [0, 0.1) is 16.0 Å². The lowest BCUT2D eigenvalue weighted by Gasteiger charge is -2.04. The topological polar surface area (TPSA) is 69.4 Å². The van der Waals surface area contributed by atoms with Crippen LogP contribution in [0.4, 0.5) is 0 Å². The van der Waals surface area contributed by atoms with Crippen molar-refractivity contribution in [2.45, 2.75) is 25.3 Å².